The maximum Gasteiger partial charge on any atom is 0.243 e. The Bertz CT molecular complexity index is 926. The van der Waals surface area contributed by atoms with Crippen LogP contribution in [-0.2, 0) is 14.8 Å². The molecule has 0 unspecified atom stereocenters. The third-order valence-electron chi connectivity index (χ3n) is 5.32. The Morgan fingerprint density at radius 1 is 1.07 bits per heavy atom. The van der Waals surface area contributed by atoms with Crippen molar-refractivity contribution in [1.82, 2.24) is 4.31 Å². The summed E-state index contributed by atoms with van der Waals surface area (Å²) in [6, 6.07) is 14.3. The van der Waals surface area contributed by atoms with Crippen LogP contribution in [0.2, 0.25) is 0 Å². The van der Waals surface area contributed by atoms with Gasteiger partial charge in [-0.15, -0.1) is 0 Å². The van der Waals surface area contributed by atoms with Crippen LogP contribution in [0.25, 0.3) is 0 Å². The third-order valence-corrected chi connectivity index (χ3v) is 7.20. The van der Waals surface area contributed by atoms with E-state index in [4.69, 9.17) is 0 Å². The fraction of sp³-hybridized carbons (Fsp3) is 0.381. The number of rotatable bonds is 4. The Morgan fingerprint density at radius 3 is 2.44 bits per heavy atom. The molecule has 0 N–H and O–H groups in total. The summed E-state index contributed by atoms with van der Waals surface area (Å²) >= 11 is 0. The number of benzene rings is 2. The van der Waals surface area contributed by atoms with Gasteiger partial charge in [-0.2, -0.15) is 4.31 Å². The van der Waals surface area contributed by atoms with E-state index in [0.717, 1.165) is 11.3 Å². The first-order valence-electron chi connectivity index (χ1n) is 9.20. The molecular weight excluding hydrogens is 360 g/mol. The molecule has 1 amide bonds. The van der Waals surface area contributed by atoms with Gasteiger partial charge >= 0.3 is 0 Å². The molecule has 1 atom stereocenters. The Kier molecular flexibility index (Phi) is 5.67. The van der Waals surface area contributed by atoms with Crippen LogP contribution in [0.3, 0.4) is 0 Å². The third kappa shape index (κ3) is 4.06. The lowest BCUT2D eigenvalue weighted by Gasteiger charge is -2.33. The highest BCUT2D eigenvalue weighted by Gasteiger charge is 2.34. The topological polar surface area (TPSA) is 57.7 Å². The van der Waals surface area contributed by atoms with Crippen LogP contribution in [0.15, 0.2) is 53.4 Å². The number of amides is 1. The number of sulfonamides is 1. The smallest absolute Gasteiger partial charge is 0.243 e. The number of carbonyl (C=O) groups is 1. The SMILES string of the molecule is Cc1ccc(N(C)C(=O)[C@H]2CCCN(S(=O)(=O)c3ccccc3)C2)cc1C. The lowest BCUT2D eigenvalue weighted by molar-refractivity contribution is -0.123. The zero-order valence-electron chi connectivity index (χ0n) is 16.1. The minimum absolute atomic E-state index is 0.0359. The summed E-state index contributed by atoms with van der Waals surface area (Å²) in [5.41, 5.74) is 3.15. The number of carbonyl (C=O) groups excluding carboxylic acids is 1. The molecule has 2 aromatic rings. The first-order chi connectivity index (χ1) is 12.8. The molecule has 0 aliphatic carbocycles. The summed E-state index contributed by atoms with van der Waals surface area (Å²) in [5, 5.41) is 0. The van der Waals surface area contributed by atoms with Crippen molar-refractivity contribution in [3.63, 3.8) is 0 Å². The van der Waals surface area contributed by atoms with Gasteiger partial charge in [0.1, 0.15) is 0 Å². The second-order valence-electron chi connectivity index (χ2n) is 7.18. The van der Waals surface area contributed by atoms with Gasteiger partial charge in [0.2, 0.25) is 15.9 Å². The monoisotopic (exact) mass is 386 g/mol. The molecule has 6 heteroatoms. The molecule has 144 valence electrons. The maximum absolute atomic E-state index is 13.0. The molecule has 5 nitrogen and oxygen atoms in total. The van der Waals surface area contributed by atoms with Crippen molar-refractivity contribution < 1.29 is 13.2 Å². The standard InChI is InChI=1S/C21H26N2O3S/c1-16-11-12-19(14-17(16)2)22(3)21(24)18-8-7-13-23(15-18)27(25,26)20-9-5-4-6-10-20/h4-6,9-12,14,18H,7-8,13,15H2,1-3H3/t18-/m0/s1. The molecule has 1 heterocycles. The molecule has 0 aromatic heterocycles. The predicted molar refractivity (Wildman–Crippen MR) is 107 cm³/mol. The zero-order valence-corrected chi connectivity index (χ0v) is 16.9. The summed E-state index contributed by atoms with van der Waals surface area (Å²) in [5.74, 6) is -0.366. The van der Waals surface area contributed by atoms with E-state index in [1.54, 1.807) is 42.3 Å². The molecule has 27 heavy (non-hydrogen) atoms. The van der Waals surface area contributed by atoms with Crippen molar-refractivity contribution >= 4 is 21.6 Å². The Morgan fingerprint density at radius 2 is 1.78 bits per heavy atom. The van der Waals surface area contributed by atoms with Gasteiger partial charge in [0.05, 0.1) is 10.8 Å². The minimum atomic E-state index is -3.57. The molecule has 0 radical (unpaired) electrons. The lowest BCUT2D eigenvalue weighted by atomic mass is 9.98. The van der Waals surface area contributed by atoms with Crippen molar-refractivity contribution in [1.29, 1.82) is 0 Å². The number of nitrogens with zero attached hydrogens (tertiary/aromatic N) is 2. The molecule has 0 saturated carbocycles. The van der Waals surface area contributed by atoms with E-state index in [1.807, 2.05) is 32.0 Å². The molecule has 3 rings (SSSR count). The van der Waals surface area contributed by atoms with Crippen molar-refractivity contribution in [3.8, 4) is 0 Å². The van der Waals surface area contributed by atoms with Crippen LogP contribution in [0.1, 0.15) is 24.0 Å². The average Bonchev–Trinajstić information content (AvgIpc) is 2.69. The van der Waals surface area contributed by atoms with E-state index in [0.29, 0.717) is 19.4 Å². The summed E-state index contributed by atoms with van der Waals surface area (Å²) in [6.45, 7) is 4.74. The Hall–Kier alpha value is -2.18. The normalized spacial score (nSPS) is 18.3. The number of hydrogen-bond acceptors (Lipinski definition) is 3. The van der Waals surface area contributed by atoms with Crippen molar-refractivity contribution in [3.05, 3.63) is 59.7 Å². The van der Waals surface area contributed by atoms with Gasteiger partial charge in [-0.1, -0.05) is 24.3 Å². The molecule has 1 saturated heterocycles. The highest BCUT2D eigenvalue weighted by molar-refractivity contribution is 7.89. The van der Waals surface area contributed by atoms with Gasteiger partial charge in [-0.25, -0.2) is 8.42 Å². The quantitative estimate of drug-likeness (QED) is 0.810. The molecule has 0 bridgehead atoms. The molecule has 1 aliphatic heterocycles. The second-order valence-corrected chi connectivity index (χ2v) is 9.12. The largest absolute Gasteiger partial charge is 0.315 e. The van der Waals surface area contributed by atoms with Gasteiger partial charge in [-0.05, 0) is 62.1 Å². The van der Waals surface area contributed by atoms with Gasteiger partial charge in [0.25, 0.3) is 0 Å². The molecule has 1 fully saturated rings. The van der Waals surface area contributed by atoms with E-state index in [9.17, 15) is 13.2 Å². The molecule has 1 aliphatic rings. The summed E-state index contributed by atoms with van der Waals surface area (Å²) < 4.78 is 27.2. The van der Waals surface area contributed by atoms with Crippen LogP contribution in [0.4, 0.5) is 5.69 Å². The van der Waals surface area contributed by atoms with E-state index in [1.165, 1.54) is 9.87 Å². The lowest BCUT2D eigenvalue weighted by Crippen LogP contribution is -2.45. The number of hydrogen-bond donors (Lipinski definition) is 0. The minimum Gasteiger partial charge on any atom is -0.315 e. The Labute approximate surface area is 161 Å². The summed E-state index contributed by atoms with van der Waals surface area (Å²) in [6.07, 6.45) is 1.39. The van der Waals surface area contributed by atoms with Crippen LogP contribution in [-0.4, -0.2) is 38.8 Å². The molecule has 2 aromatic carbocycles. The van der Waals surface area contributed by atoms with E-state index in [-0.39, 0.29) is 23.3 Å². The van der Waals surface area contributed by atoms with Gasteiger partial charge in [0.15, 0.2) is 0 Å². The van der Waals surface area contributed by atoms with E-state index < -0.39 is 10.0 Å². The second kappa shape index (κ2) is 7.82. The fourth-order valence-electron chi connectivity index (χ4n) is 3.44. The van der Waals surface area contributed by atoms with Crippen LogP contribution >= 0.6 is 0 Å². The van der Waals surface area contributed by atoms with Crippen molar-refractivity contribution in [2.45, 2.75) is 31.6 Å². The zero-order chi connectivity index (χ0) is 19.6. The summed E-state index contributed by atoms with van der Waals surface area (Å²) in [7, 11) is -1.81. The Balaban J connectivity index is 1.77. The summed E-state index contributed by atoms with van der Waals surface area (Å²) in [4.78, 5) is 14.9. The van der Waals surface area contributed by atoms with Crippen LogP contribution in [0, 0.1) is 19.8 Å². The molecular formula is C21H26N2O3S. The van der Waals surface area contributed by atoms with Crippen LogP contribution < -0.4 is 4.90 Å². The predicted octanol–water partition coefficient (Wildman–Crippen LogP) is 3.37. The maximum atomic E-state index is 13.0. The first-order valence-corrected chi connectivity index (χ1v) is 10.6. The van der Waals surface area contributed by atoms with Crippen LogP contribution in [0.5, 0.6) is 0 Å². The number of aryl methyl sites for hydroxylation is 2. The van der Waals surface area contributed by atoms with Crippen molar-refractivity contribution in [2.24, 2.45) is 5.92 Å². The van der Waals surface area contributed by atoms with Gasteiger partial charge in [0, 0.05) is 25.8 Å². The number of piperidine rings is 1. The highest BCUT2D eigenvalue weighted by atomic mass is 32.2. The van der Waals surface area contributed by atoms with E-state index >= 15 is 0 Å². The molecule has 0 spiro atoms. The fourth-order valence-corrected chi connectivity index (χ4v) is 4.98. The van der Waals surface area contributed by atoms with Gasteiger partial charge < -0.3 is 4.90 Å². The average molecular weight is 387 g/mol. The highest BCUT2D eigenvalue weighted by Crippen LogP contribution is 2.27. The number of anilines is 1. The van der Waals surface area contributed by atoms with Gasteiger partial charge in [-0.3, -0.25) is 4.79 Å². The van der Waals surface area contributed by atoms with Crippen molar-refractivity contribution in [2.75, 3.05) is 25.0 Å². The first kappa shape index (κ1) is 19.6. The van der Waals surface area contributed by atoms with E-state index in [2.05, 4.69) is 0 Å².